The van der Waals surface area contributed by atoms with Crippen molar-refractivity contribution in [3.05, 3.63) is 29.8 Å². The molecule has 0 heterocycles. The molecule has 0 saturated carbocycles. The van der Waals surface area contributed by atoms with E-state index < -0.39 is 0 Å². The van der Waals surface area contributed by atoms with E-state index in [0.717, 1.165) is 11.7 Å². The lowest BCUT2D eigenvalue weighted by Crippen LogP contribution is -2.06. The first-order valence-electron chi connectivity index (χ1n) is 5.08. The van der Waals surface area contributed by atoms with Gasteiger partial charge in [-0.1, -0.05) is 32.0 Å². The number of rotatable bonds is 4. The molecule has 0 fully saturated rings. The van der Waals surface area contributed by atoms with Gasteiger partial charge in [-0.05, 0) is 24.5 Å². The van der Waals surface area contributed by atoms with Gasteiger partial charge < -0.3 is 5.73 Å². The van der Waals surface area contributed by atoms with E-state index in [2.05, 4.69) is 38.1 Å². The molecule has 0 aliphatic heterocycles. The van der Waals surface area contributed by atoms with Crippen molar-refractivity contribution < 1.29 is 0 Å². The molecule has 1 atom stereocenters. The SMILES string of the molecule is CC(C)CSc1ccccc1C(C)N. The van der Waals surface area contributed by atoms with Crippen molar-refractivity contribution in [3.8, 4) is 0 Å². The molecule has 0 amide bonds. The van der Waals surface area contributed by atoms with Gasteiger partial charge in [-0.2, -0.15) is 0 Å². The largest absolute Gasteiger partial charge is 0.324 e. The zero-order chi connectivity index (χ0) is 10.6. The van der Waals surface area contributed by atoms with Gasteiger partial charge in [-0.25, -0.2) is 0 Å². The zero-order valence-corrected chi connectivity index (χ0v) is 9.97. The van der Waals surface area contributed by atoms with Gasteiger partial charge in [0.1, 0.15) is 0 Å². The summed E-state index contributed by atoms with van der Waals surface area (Å²) in [5.74, 6) is 1.88. The Bertz CT molecular complexity index is 281. The maximum absolute atomic E-state index is 5.91. The highest BCUT2D eigenvalue weighted by Gasteiger charge is 2.06. The molecular formula is C12H19NS. The molecule has 2 heteroatoms. The molecule has 0 saturated heterocycles. The molecule has 14 heavy (non-hydrogen) atoms. The van der Waals surface area contributed by atoms with E-state index in [0.29, 0.717) is 0 Å². The number of thioether (sulfide) groups is 1. The molecular weight excluding hydrogens is 190 g/mol. The van der Waals surface area contributed by atoms with Gasteiger partial charge in [-0.15, -0.1) is 11.8 Å². The highest BCUT2D eigenvalue weighted by Crippen LogP contribution is 2.27. The molecule has 0 aromatic heterocycles. The molecule has 0 spiro atoms. The van der Waals surface area contributed by atoms with E-state index in [9.17, 15) is 0 Å². The maximum Gasteiger partial charge on any atom is 0.0277 e. The fraction of sp³-hybridized carbons (Fsp3) is 0.500. The second-order valence-corrected chi connectivity index (χ2v) is 5.09. The van der Waals surface area contributed by atoms with E-state index in [1.807, 2.05) is 18.7 Å². The Labute approximate surface area is 91.1 Å². The average molecular weight is 209 g/mol. The van der Waals surface area contributed by atoms with Crippen LogP contribution in [0.25, 0.3) is 0 Å². The minimum Gasteiger partial charge on any atom is -0.324 e. The molecule has 78 valence electrons. The van der Waals surface area contributed by atoms with Crippen molar-refractivity contribution in [1.82, 2.24) is 0 Å². The van der Waals surface area contributed by atoms with Crippen LogP contribution in [-0.4, -0.2) is 5.75 Å². The normalized spacial score (nSPS) is 13.2. The van der Waals surface area contributed by atoms with E-state index in [1.165, 1.54) is 10.5 Å². The van der Waals surface area contributed by atoms with Crippen LogP contribution in [0, 0.1) is 5.92 Å². The van der Waals surface area contributed by atoms with Crippen LogP contribution < -0.4 is 5.73 Å². The highest BCUT2D eigenvalue weighted by atomic mass is 32.2. The van der Waals surface area contributed by atoms with Gasteiger partial charge in [0, 0.05) is 16.7 Å². The van der Waals surface area contributed by atoms with Crippen LogP contribution >= 0.6 is 11.8 Å². The van der Waals surface area contributed by atoms with Gasteiger partial charge in [0.05, 0.1) is 0 Å². The zero-order valence-electron chi connectivity index (χ0n) is 9.16. The molecule has 0 aliphatic carbocycles. The Hall–Kier alpha value is -0.470. The van der Waals surface area contributed by atoms with E-state index >= 15 is 0 Å². The second-order valence-electron chi connectivity index (χ2n) is 4.03. The molecule has 2 N–H and O–H groups in total. The van der Waals surface area contributed by atoms with Crippen molar-refractivity contribution in [3.63, 3.8) is 0 Å². The summed E-state index contributed by atoms with van der Waals surface area (Å²) in [7, 11) is 0. The molecule has 1 unspecified atom stereocenters. The van der Waals surface area contributed by atoms with E-state index in [1.54, 1.807) is 0 Å². The average Bonchev–Trinajstić information content (AvgIpc) is 2.15. The molecule has 0 aliphatic rings. The summed E-state index contributed by atoms with van der Waals surface area (Å²) in [6.45, 7) is 6.51. The summed E-state index contributed by atoms with van der Waals surface area (Å²) >= 11 is 1.90. The highest BCUT2D eigenvalue weighted by molar-refractivity contribution is 7.99. The van der Waals surface area contributed by atoms with Gasteiger partial charge in [0.15, 0.2) is 0 Å². The molecule has 1 aromatic carbocycles. The number of hydrogen-bond donors (Lipinski definition) is 1. The molecule has 0 radical (unpaired) electrons. The topological polar surface area (TPSA) is 26.0 Å². The van der Waals surface area contributed by atoms with E-state index in [-0.39, 0.29) is 6.04 Å². The lowest BCUT2D eigenvalue weighted by atomic mass is 10.1. The van der Waals surface area contributed by atoms with E-state index in [4.69, 9.17) is 5.73 Å². The summed E-state index contributed by atoms with van der Waals surface area (Å²) < 4.78 is 0. The van der Waals surface area contributed by atoms with Crippen molar-refractivity contribution in [2.75, 3.05) is 5.75 Å². The Morgan fingerprint density at radius 1 is 1.21 bits per heavy atom. The van der Waals surface area contributed by atoms with Gasteiger partial charge in [0.25, 0.3) is 0 Å². The Morgan fingerprint density at radius 3 is 2.43 bits per heavy atom. The first-order valence-corrected chi connectivity index (χ1v) is 6.07. The quantitative estimate of drug-likeness (QED) is 0.769. The van der Waals surface area contributed by atoms with Crippen molar-refractivity contribution >= 4 is 11.8 Å². The third-order valence-corrected chi connectivity index (χ3v) is 3.50. The lowest BCUT2D eigenvalue weighted by molar-refractivity contribution is 0.748. The summed E-state index contributed by atoms with van der Waals surface area (Å²) in [5.41, 5.74) is 7.17. The fourth-order valence-electron chi connectivity index (χ4n) is 1.24. The van der Waals surface area contributed by atoms with Crippen LogP contribution in [0.1, 0.15) is 32.4 Å². The van der Waals surface area contributed by atoms with Gasteiger partial charge in [-0.3, -0.25) is 0 Å². The standard InChI is InChI=1S/C12H19NS/c1-9(2)8-14-12-7-5-4-6-11(12)10(3)13/h4-7,9-10H,8,13H2,1-3H3. The monoisotopic (exact) mass is 209 g/mol. The third-order valence-electron chi connectivity index (χ3n) is 1.98. The fourth-order valence-corrected chi connectivity index (χ4v) is 2.35. The summed E-state index contributed by atoms with van der Waals surface area (Å²) in [6, 6.07) is 8.54. The summed E-state index contributed by atoms with van der Waals surface area (Å²) in [4.78, 5) is 1.33. The lowest BCUT2D eigenvalue weighted by Gasteiger charge is -2.12. The third kappa shape index (κ3) is 3.35. The first-order chi connectivity index (χ1) is 6.61. The second kappa shape index (κ2) is 5.42. The molecule has 1 rings (SSSR count). The minimum absolute atomic E-state index is 0.130. The van der Waals surface area contributed by atoms with Crippen LogP contribution in [0.5, 0.6) is 0 Å². The number of hydrogen-bond acceptors (Lipinski definition) is 2. The van der Waals surface area contributed by atoms with Crippen LogP contribution in [0.4, 0.5) is 0 Å². The smallest absolute Gasteiger partial charge is 0.0277 e. The summed E-state index contributed by atoms with van der Waals surface area (Å²) in [6.07, 6.45) is 0. The molecule has 0 bridgehead atoms. The van der Waals surface area contributed by atoms with Crippen molar-refractivity contribution in [1.29, 1.82) is 0 Å². The predicted molar refractivity (Wildman–Crippen MR) is 64.6 cm³/mol. The number of benzene rings is 1. The van der Waals surface area contributed by atoms with Gasteiger partial charge >= 0.3 is 0 Å². The molecule has 1 aromatic rings. The van der Waals surface area contributed by atoms with Crippen molar-refractivity contribution in [2.24, 2.45) is 11.7 Å². The minimum atomic E-state index is 0.130. The Morgan fingerprint density at radius 2 is 1.86 bits per heavy atom. The maximum atomic E-state index is 5.91. The van der Waals surface area contributed by atoms with Crippen molar-refractivity contribution in [2.45, 2.75) is 31.7 Å². The number of nitrogens with two attached hydrogens (primary N) is 1. The first kappa shape index (κ1) is 11.6. The van der Waals surface area contributed by atoms with Crippen LogP contribution in [0.2, 0.25) is 0 Å². The molecule has 1 nitrogen and oxygen atoms in total. The van der Waals surface area contributed by atoms with Crippen LogP contribution in [-0.2, 0) is 0 Å². The summed E-state index contributed by atoms with van der Waals surface area (Å²) in [5, 5.41) is 0. The predicted octanol–water partition coefficient (Wildman–Crippen LogP) is 3.45. The van der Waals surface area contributed by atoms with Crippen LogP contribution in [0.3, 0.4) is 0 Å². The Kier molecular flexibility index (Phi) is 4.49. The Balaban J connectivity index is 2.74. The van der Waals surface area contributed by atoms with Crippen LogP contribution in [0.15, 0.2) is 29.2 Å². The van der Waals surface area contributed by atoms with Gasteiger partial charge in [0.2, 0.25) is 0 Å².